The average Bonchev–Trinajstić information content (AvgIpc) is 2.96. The lowest BCUT2D eigenvalue weighted by atomic mass is 10.2. The number of likely N-dealkylation sites (N-methyl/N-ethyl adjacent to an activating group) is 1. The molecule has 1 fully saturated rings. The SMILES string of the molecule is CCOC(=O)CN(C)[C@H]1CCN(Cc2ccc(C(=O)O)nc2)C1. The summed E-state index contributed by atoms with van der Waals surface area (Å²) >= 11 is 0. The van der Waals surface area contributed by atoms with Crippen molar-refractivity contribution in [2.75, 3.05) is 33.3 Å². The molecule has 2 heterocycles. The number of rotatable bonds is 7. The van der Waals surface area contributed by atoms with Crippen molar-refractivity contribution in [3.05, 3.63) is 29.6 Å². The van der Waals surface area contributed by atoms with Gasteiger partial charge in [-0.2, -0.15) is 0 Å². The van der Waals surface area contributed by atoms with E-state index >= 15 is 0 Å². The number of hydrogen-bond donors (Lipinski definition) is 1. The Bertz CT molecular complexity index is 547. The fraction of sp³-hybridized carbons (Fsp3) is 0.562. The molecule has 1 saturated heterocycles. The second-order valence-corrected chi connectivity index (χ2v) is 5.75. The maximum absolute atomic E-state index is 11.5. The van der Waals surface area contributed by atoms with Crippen LogP contribution in [-0.4, -0.2) is 71.2 Å². The molecular weight excluding hydrogens is 298 g/mol. The molecule has 1 aliphatic heterocycles. The van der Waals surface area contributed by atoms with Gasteiger partial charge in [0.25, 0.3) is 0 Å². The smallest absolute Gasteiger partial charge is 0.354 e. The number of ether oxygens (including phenoxy) is 1. The minimum absolute atomic E-state index is 0.0576. The quantitative estimate of drug-likeness (QED) is 0.745. The largest absolute Gasteiger partial charge is 0.477 e. The number of carboxylic acid groups (broad SMARTS) is 1. The number of nitrogens with zero attached hydrogens (tertiary/aromatic N) is 3. The van der Waals surface area contributed by atoms with E-state index < -0.39 is 5.97 Å². The van der Waals surface area contributed by atoms with Crippen LogP contribution in [0.3, 0.4) is 0 Å². The molecule has 126 valence electrons. The molecule has 1 aromatic rings. The molecular formula is C16H23N3O4. The topological polar surface area (TPSA) is 83.0 Å². The zero-order valence-corrected chi connectivity index (χ0v) is 13.6. The molecule has 0 amide bonds. The van der Waals surface area contributed by atoms with Gasteiger partial charge >= 0.3 is 11.9 Å². The van der Waals surface area contributed by atoms with E-state index in [1.165, 1.54) is 6.07 Å². The van der Waals surface area contributed by atoms with E-state index in [4.69, 9.17) is 9.84 Å². The van der Waals surface area contributed by atoms with Gasteiger partial charge in [-0.3, -0.25) is 14.6 Å². The number of likely N-dealkylation sites (tertiary alicyclic amines) is 1. The highest BCUT2D eigenvalue weighted by molar-refractivity contribution is 5.85. The normalized spacial score (nSPS) is 18.3. The van der Waals surface area contributed by atoms with Gasteiger partial charge in [0.1, 0.15) is 5.69 Å². The Morgan fingerprint density at radius 1 is 1.48 bits per heavy atom. The molecule has 1 N–H and O–H groups in total. The Morgan fingerprint density at radius 2 is 2.26 bits per heavy atom. The molecule has 1 aromatic heterocycles. The highest BCUT2D eigenvalue weighted by Crippen LogP contribution is 2.17. The van der Waals surface area contributed by atoms with Crippen molar-refractivity contribution in [1.29, 1.82) is 0 Å². The second-order valence-electron chi connectivity index (χ2n) is 5.75. The van der Waals surface area contributed by atoms with E-state index in [0.29, 0.717) is 19.2 Å². The van der Waals surface area contributed by atoms with Crippen LogP contribution < -0.4 is 0 Å². The van der Waals surface area contributed by atoms with E-state index in [2.05, 4.69) is 9.88 Å². The Morgan fingerprint density at radius 3 is 2.87 bits per heavy atom. The number of pyridine rings is 1. The first-order chi connectivity index (χ1) is 11.0. The molecule has 0 saturated carbocycles. The van der Waals surface area contributed by atoms with Crippen molar-refractivity contribution in [3.8, 4) is 0 Å². The van der Waals surface area contributed by atoms with Crippen LogP contribution in [0.4, 0.5) is 0 Å². The van der Waals surface area contributed by atoms with Crippen LogP contribution in [0, 0.1) is 0 Å². The Balaban J connectivity index is 1.82. The summed E-state index contributed by atoms with van der Waals surface area (Å²) in [5, 5.41) is 8.85. The summed E-state index contributed by atoms with van der Waals surface area (Å²) in [5.41, 5.74) is 1.05. The first-order valence-electron chi connectivity index (χ1n) is 7.76. The van der Waals surface area contributed by atoms with Gasteiger partial charge in [-0.15, -0.1) is 0 Å². The number of carbonyl (C=O) groups is 2. The molecule has 1 aliphatic rings. The summed E-state index contributed by atoms with van der Waals surface area (Å²) in [6, 6.07) is 3.65. The zero-order chi connectivity index (χ0) is 16.8. The number of carbonyl (C=O) groups excluding carboxylic acids is 1. The van der Waals surface area contributed by atoms with Gasteiger partial charge in [-0.25, -0.2) is 9.78 Å². The molecule has 2 rings (SSSR count). The van der Waals surface area contributed by atoms with Crippen LogP contribution in [0.25, 0.3) is 0 Å². The van der Waals surface area contributed by atoms with Gasteiger partial charge in [-0.05, 0) is 32.0 Å². The van der Waals surface area contributed by atoms with Gasteiger partial charge in [0, 0.05) is 31.9 Å². The fourth-order valence-electron chi connectivity index (χ4n) is 2.76. The van der Waals surface area contributed by atoms with Crippen molar-refractivity contribution in [2.24, 2.45) is 0 Å². The third-order valence-electron chi connectivity index (χ3n) is 4.00. The molecule has 1 atom stereocenters. The molecule has 7 heteroatoms. The van der Waals surface area contributed by atoms with Crippen molar-refractivity contribution in [3.63, 3.8) is 0 Å². The maximum atomic E-state index is 11.5. The van der Waals surface area contributed by atoms with Crippen LogP contribution in [0.15, 0.2) is 18.3 Å². The molecule has 23 heavy (non-hydrogen) atoms. The zero-order valence-electron chi connectivity index (χ0n) is 13.6. The number of esters is 1. The minimum Gasteiger partial charge on any atom is -0.477 e. The summed E-state index contributed by atoms with van der Waals surface area (Å²) in [7, 11) is 1.94. The number of aromatic carboxylic acids is 1. The van der Waals surface area contributed by atoms with Crippen LogP contribution in [0.5, 0.6) is 0 Å². The predicted octanol–water partition coefficient (Wildman–Crippen LogP) is 0.849. The third-order valence-corrected chi connectivity index (χ3v) is 4.00. The number of aromatic nitrogens is 1. The highest BCUT2D eigenvalue weighted by atomic mass is 16.5. The Kier molecular flexibility index (Phi) is 6.06. The molecule has 0 unspecified atom stereocenters. The van der Waals surface area contributed by atoms with Gasteiger partial charge in [-0.1, -0.05) is 6.07 Å². The van der Waals surface area contributed by atoms with Crippen LogP contribution in [0.1, 0.15) is 29.4 Å². The van der Waals surface area contributed by atoms with E-state index in [1.807, 2.05) is 11.9 Å². The van der Waals surface area contributed by atoms with Gasteiger partial charge < -0.3 is 9.84 Å². The summed E-state index contributed by atoms with van der Waals surface area (Å²) in [6.07, 6.45) is 2.61. The van der Waals surface area contributed by atoms with E-state index in [9.17, 15) is 9.59 Å². The Hall–Kier alpha value is -1.99. The monoisotopic (exact) mass is 321 g/mol. The van der Waals surface area contributed by atoms with Crippen molar-refractivity contribution in [1.82, 2.24) is 14.8 Å². The first-order valence-corrected chi connectivity index (χ1v) is 7.76. The summed E-state index contributed by atoms with van der Waals surface area (Å²) in [4.78, 5) is 30.6. The highest BCUT2D eigenvalue weighted by Gasteiger charge is 2.27. The van der Waals surface area contributed by atoms with Crippen molar-refractivity contribution >= 4 is 11.9 Å². The first kappa shape index (κ1) is 17.4. The standard InChI is InChI=1S/C16H23N3O4/c1-3-23-15(20)11-18(2)13-6-7-19(10-13)9-12-4-5-14(16(21)22)17-8-12/h4-5,8,13H,3,6-7,9-11H2,1-2H3,(H,21,22)/t13-/m0/s1. The lowest BCUT2D eigenvalue weighted by Gasteiger charge is -2.23. The molecule has 0 radical (unpaired) electrons. The maximum Gasteiger partial charge on any atom is 0.354 e. The lowest BCUT2D eigenvalue weighted by Crippen LogP contribution is -2.38. The lowest BCUT2D eigenvalue weighted by molar-refractivity contribution is -0.144. The van der Waals surface area contributed by atoms with E-state index in [-0.39, 0.29) is 11.7 Å². The van der Waals surface area contributed by atoms with E-state index in [0.717, 1.165) is 31.6 Å². The molecule has 0 bridgehead atoms. The van der Waals surface area contributed by atoms with Gasteiger partial charge in [0.05, 0.1) is 13.2 Å². The van der Waals surface area contributed by atoms with Crippen molar-refractivity contribution < 1.29 is 19.4 Å². The molecule has 0 spiro atoms. The summed E-state index contributed by atoms with van der Waals surface area (Å²) in [5.74, 6) is -1.21. The number of hydrogen-bond acceptors (Lipinski definition) is 6. The molecule has 0 aliphatic carbocycles. The summed E-state index contributed by atoms with van der Waals surface area (Å²) in [6.45, 7) is 5.06. The van der Waals surface area contributed by atoms with Gasteiger partial charge in [0.2, 0.25) is 0 Å². The Labute approximate surface area is 135 Å². The molecule has 7 nitrogen and oxygen atoms in total. The van der Waals surface area contributed by atoms with Gasteiger partial charge in [0.15, 0.2) is 0 Å². The third kappa shape index (κ3) is 5.01. The van der Waals surface area contributed by atoms with Crippen molar-refractivity contribution in [2.45, 2.75) is 25.9 Å². The fourth-order valence-corrected chi connectivity index (χ4v) is 2.76. The summed E-state index contributed by atoms with van der Waals surface area (Å²) < 4.78 is 4.97. The minimum atomic E-state index is -1.02. The second kappa shape index (κ2) is 8.03. The van der Waals surface area contributed by atoms with Crippen LogP contribution in [0.2, 0.25) is 0 Å². The van der Waals surface area contributed by atoms with Crippen LogP contribution >= 0.6 is 0 Å². The van der Waals surface area contributed by atoms with Crippen LogP contribution in [-0.2, 0) is 16.1 Å². The van der Waals surface area contributed by atoms with E-state index in [1.54, 1.807) is 19.2 Å². The average molecular weight is 321 g/mol. The molecule has 0 aromatic carbocycles. The number of carboxylic acids is 1. The predicted molar refractivity (Wildman–Crippen MR) is 84.1 cm³/mol.